The summed E-state index contributed by atoms with van der Waals surface area (Å²) in [4.78, 5) is 44.4. The third-order valence-corrected chi connectivity index (χ3v) is 8.33. The summed E-state index contributed by atoms with van der Waals surface area (Å²) >= 11 is 0. The molecule has 4 aliphatic rings. The molecule has 35 heavy (non-hydrogen) atoms. The van der Waals surface area contributed by atoms with Crippen LogP contribution in [0.2, 0.25) is 0 Å². The van der Waals surface area contributed by atoms with Gasteiger partial charge in [0.1, 0.15) is 6.04 Å². The molecule has 2 fully saturated rings. The van der Waals surface area contributed by atoms with Gasteiger partial charge in [-0.25, -0.2) is 0 Å². The number of amides is 2. The molecule has 1 saturated heterocycles. The molecule has 1 N–H and O–H groups in total. The second-order valence-corrected chi connectivity index (χ2v) is 10.3. The molecule has 182 valence electrons. The Morgan fingerprint density at radius 2 is 1.86 bits per heavy atom. The number of aliphatic hydroxyl groups excluding tert-OH is 1. The van der Waals surface area contributed by atoms with Gasteiger partial charge in [-0.1, -0.05) is 36.4 Å². The summed E-state index contributed by atoms with van der Waals surface area (Å²) in [6.07, 6.45) is 6.09. The minimum atomic E-state index is -0.701. The monoisotopic (exact) mass is 473 g/mol. The topological polar surface area (TPSA) is 82.8 Å². The zero-order valence-corrected chi connectivity index (χ0v) is 20.0. The zero-order chi connectivity index (χ0) is 24.3. The first-order valence-electron chi connectivity index (χ1n) is 12.7. The van der Waals surface area contributed by atoms with Crippen molar-refractivity contribution in [2.75, 3.05) is 13.2 Å². The van der Waals surface area contributed by atoms with Gasteiger partial charge in [-0.3, -0.25) is 14.4 Å². The number of allylic oxidation sites excluding steroid dienone is 1. The SMILES string of the molecule is CC=Cc1ccc2n(c1=O)C[C@H]1[C@H](CO)[C@@H](C(=O)N3CCc4ccccc4C3)N(C(=O)C3CC3)[C@@H]21. The van der Waals surface area contributed by atoms with E-state index in [1.807, 2.05) is 36.1 Å². The lowest BCUT2D eigenvalue weighted by Crippen LogP contribution is -2.53. The number of carbonyl (C=O) groups excluding carboxylic acids is 2. The minimum absolute atomic E-state index is 0.00913. The normalized spacial score (nSPS) is 27.1. The quantitative estimate of drug-likeness (QED) is 0.739. The molecule has 0 unspecified atom stereocenters. The summed E-state index contributed by atoms with van der Waals surface area (Å²) in [5.41, 5.74) is 3.70. The third kappa shape index (κ3) is 3.47. The number of benzene rings is 1. The summed E-state index contributed by atoms with van der Waals surface area (Å²) < 4.78 is 1.75. The second kappa shape index (κ2) is 8.48. The van der Waals surface area contributed by atoms with Crippen LogP contribution in [-0.4, -0.2) is 50.5 Å². The lowest BCUT2D eigenvalue weighted by Gasteiger charge is -2.37. The summed E-state index contributed by atoms with van der Waals surface area (Å²) in [6, 6.07) is 10.8. The van der Waals surface area contributed by atoms with E-state index in [2.05, 4.69) is 12.1 Å². The summed E-state index contributed by atoms with van der Waals surface area (Å²) in [5.74, 6) is -0.723. The largest absolute Gasteiger partial charge is 0.396 e. The molecule has 0 bridgehead atoms. The molecular weight excluding hydrogens is 442 g/mol. The molecule has 2 aromatic rings. The van der Waals surface area contributed by atoms with Gasteiger partial charge < -0.3 is 19.5 Å². The van der Waals surface area contributed by atoms with E-state index >= 15 is 0 Å². The van der Waals surface area contributed by atoms with Crippen LogP contribution >= 0.6 is 0 Å². The number of hydrogen-bond donors (Lipinski definition) is 1. The van der Waals surface area contributed by atoms with E-state index < -0.39 is 12.0 Å². The van der Waals surface area contributed by atoms with Gasteiger partial charge in [-0.05, 0) is 49.4 Å². The lowest BCUT2D eigenvalue weighted by molar-refractivity contribution is -0.148. The maximum absolute atomic E-state index is 14.0. The molecular formula is C28H31N3O4. The van der Waals surface area contributed by atoms with Crippen molar-refractivity contribution in [2.45, 2.75) is 51.4 Å². The number of fused-ring (bicyclic) bond motifs is 4. The number of aliphatic hydroxyl groups is 1. The molecule has 7 nitrogen and oxygen atoms in total. The maximum Gasteiger partial charge on any atom is 0.258 e. The molecule has 2 amide bonds. The highest BCUT2D eigenvalue weighted by molar-refractivity contribution is 5.91. The van der Waals surface area contributed by atoms with Crippen molar-refractivity contribution >= 4 is 17.9 Å². The van der Waals surface area contributed by atoms with Crippen LogP contribution in [0.4, 0.5) is 0 Å². The van der Waals surface area contributed by atoms with Gasteiger partial charge in [-0.2, -0.15) is 0 Å². The molecule has 4 atom stereocenters. The molecule has 4 heterocycles. The van der Waals surface area contributed by atoms with Crippen LogP contribution in [0, 0.1) is 17.8 Å². The summed E-state index contributed by atoms with van der Waals surface area (Å²) in [7, 11) is 0. The Kier molecular flexibility index (Phi) is 5.40. The fraction of sp³-hybridized carbons (Fsp3) is 0.464. The van der Waals surface area contributed by atoms with Gasteiger partial charge in [0.15, 0.2) is 0 Å². The fourth-order valence-corrected chi connectivity index (χ4v) is 6.45. The predicted molar refractivity (Wildman–Crippen MR) is 131 cm³/mol. The van der Waals surface area contributed by atoms with Crippen LogP contribution in [0.15, 0.2) is 47.3 Å². The number of carbonyl (C=O) groups is 2. The Morgan fingerprint density at radius 3 is 2.57 bits per heavy atom. The van der Waals surface area contributed by atoms with Gasteiger partial charge in [-0.15, -0.1) is 0 Å². The lowest BCUT2D eigenvalue weighted by atomic mass is 9.87. The fourth-order valence-electron chi connectivity index (χ4n) is 6.45. The predicted octanol–water partition coefficient (Wildman–Crippen LogP) is 2.37. The van der Waals surface area contributed by atoms with E-state index in [-0.39, 0.29) is 41.9 Å². The van der Waals surface area contributed by atoms with Gasteiger partial charge in [0.25, 0.3) is 5.56 Å². The van der Waals surface area contributed by atoms with Crippen LogP contribution < -0.4 is 5.56 Å². The van der Waals surface area contributed by atoms with Crippen LogP contribution in [0.1, 0.15) is 48.2 Å². The maximum atomic E-state index is 14.0. The highest BCUT2D eigenvalue weighted by Crippen LogP contribution is 2.51. The molecule has 6 rings (SSSR count). The van der Waals surface area contributed by atoms with Crippen LogP contribution in [0.25, 0.3) is 6.08 Å². The molecule has 1 aliphatic carbocycles. The Morgan fingerprint density at radius 1 is 1.09 bits per heavy atom. The Hall–Kier alpha value is -3.19. The van der Waals surface area contributed by atoms with Crippen molar-refractivity contribution in [1.82, 2.24) is 14.4 Å². The number of rotatable bonds is 4. The van der Waals surface area contributed by atoms with Crippen molar-refractivity contribution < 1.29 is 14.7 Å². The van der Waals surface area contributed by atoms with Crippen LogP contribution in [-0.2, 0) is 29.1 Å². The van der Waals surface area contributed by atoms with Gasteiger partial charge in [0.2, 0.25) is 11.8 Å². The molecule has 1 saturated carbocycles. The summed E-state index contributed by atoms with van der Waals surface area (Å²) in [6.45, 7) is 3.22. The molecule has 1 aromatic carbocycles. The third-order valence-electron chi connectivity index (χ3n) is 8.33. The first-order valence-corrected chi connectivity index (χ1v) is 12.7. The number of nitrogens with zero attached hydrogens (tertiary/aromatic N) is 3. The number of likely N-dealkylation sites (tertiary alicyclic amines) is 1. The average Bonchev–Trinajstić information content (AvgIpc) is 3.59. The zero-order valence-electron chi connectivity index (χ0n) is 20.0. The number of aromatic nitrogens is 1. The van der Waals surface area contributed by atoms with E-state index in [1.54, 1.807) is 21.6 Å². The molecule has 7 heteroatoms. The van der Waals surface area contributed by atoms with E-state index in [0.717, 1.165) is 30.5 Å². The van der Waals surface area contributed by atoms with E-state index in [9.17, 15) is 19.5 Å². The van der Waals surface area contributed by atoms with Crippen molar-refractivity contribution in [3.05, 3.63) is 75.2 Å². The smallest absolute Gasteiger partial charge is 0.258 e. The van der Waals surface area contributed by atoms with Crippen molar-refractivity contribution in [3.63, 3.8) is 0 Å². The summed E-state index contributed by atoms with van der Waals surface area (Å²) in [5, 5.41) is 10.5. The Bertz CT molecular complexity index is 1280. The highest BCUT2D eigenvalue weighted by Gasteiger charge is 2.59. The van der Waals surface area contributed by atoms with Crippen LogP contribution in [0.3, 0.4) is 0 Å². The standard InChI is InChI=1S/C28H31N3O4/c1-2-5-18-10-11-23-24-21(15-30(23)26(18)33)22(16-32)25(31(24)27(34)19-8-9-19)28(35)29-13-12-17-6-3-4-7-20(17)14-29/h2-7,10-11,19,21-22,24-25,32H,8-9,12-16H2,1H3/t21-,22-,24+,25-/m0/s1. The molecule has 3 aliphatic heterocycles. The van der Waals surface area contributed by atoms with Gasteiger partial charge >= 0.3 is 0 Å². The van der Waals surface area contributed by atoms with Gasteiger partial charge in [0, 0.05) is 55.3 Å². The van der Waals surface area contributed by atoms with Crippen molar-refractivity contribution in [2.24, 2.45) is 17.8 Å². The Labute approximate surface area is 204 Å². The number of hydrogen-bond acceptors (Lipinski definition) is 4. The first-order chi connectivity index (χ1) is 17.0. The van der Waals surface area contributed by atoms with Crippen LogP contribution in [0.5, 0.6) is 0 Å². The second-order valence-electron chi connectivity index (χ2n) is 10.3. The molecule has 1 aromatic heterocycles. The Balaban J connectivity index is 1.39. The van der Waals surface area contributed by atoms with Crippen molar-refractivity contribution in [1.29, 1.82) is 0 Å². The first kappa shape index (κ1) is 22.3. The average molecular weight is 474 g/mol. The van der Waals surface area contributed by atoms with Gasteiger partial charge in [0.05, 0.1) is 6.04 Å². The molecule has 0 radical (unpaired) electrons. The van der Waals surface area contributed by atoms with E-state index in [0.29, 0.717) is 25.2 Å². The van der Waals surface area contributed by atoms with E-state index in [1.165, 1.54) is 5.56 Å². The van der Waals surface area contributed by atoms with Crippen molar-refractivity contribution in [3.8, 4) is 0 Å². The minimum Gasteiger partial charge on any atom is -0.396 e. The number of pyridine rings is 1. The van der Waals surface area contributed by atoms with E-state index in [4.69, 9.17) is 0 Å². The molecule has 0 spiro atoms. The highest BCUT2D eigenvalue weighted by atomic mass is 16.3.